The molecule has 4 heteroatoms. The van der Waals surface area contributed by atoms with E-state index in [0.29, 0.717) is 25.3 Å². The molecule has 1 N–H and O–H groups in total. The molecule has 2 atom stereocenters. The number of nitriles is 1. The summed E-state index contributed by atoms with van der Waals surface area (Å²) in [6, 6.07) is 2.27. The quantitative estimate of drug-likeness (QED) is 0.743. The summed E-state index contributed by atoms with van der Waals surface area (Å²) in [5, 5.41) is 12.5. The van der Waals surface area contributed by atoms with Gasteiger partial charge in [0.2, 0.25) is 5.91 Å². The van der Waals surface area contributed by atoms with Crippen LogP contribution < -0.4 is 5.32 Å². The van der Waals surface area contributed by atoms with E-state index in [2.05, 4.69) is 18.3 Å². The van der Waals surface area contributed by atoms with Gasteiger partial charge in [0.25, 0.3) is 0 Å². The summed E-state index contributed by atoms with van der Waals surface area (Å²) in [6.07, 6.45) is 5.22. The molecule has 0 aliphatic carbocycles. The molecule has 0 spiro atoms. The lowest BCUT2D eigenvalue weighted by atomic mass is 9.79. The van der Waals surface area contributed by atoms with Gasteiger partial charge in [-0.25, -0.2) is 0 Å². The van der Waals surface area contributed by atoms with Crippen molar-refractivity contribution in [1.29, 1.82) is 5.26 Å². The predicted octanol–water partition coefficient (Wildman–Crippen LogP) is 3.03. The molecule has 1 amide bonds. The summed E-state index contributed by atoms with van der Waals surface area (Å²) >= 11 is 0. The highest BCUT2D eigenvalue weighted by Crippen LogP contribution is 2.30. The fourth-order valence-electron chi connectivity index (χ4n) is 3.14. The van der Waals surface area contributed by atoms with Crippen LogP contribution in [0, 0.1) is 22.7 Å². The van der Waals surface area contributed by atoms with Gasteiger partial charge in [-0.3, -0.25) is 4.79 Å². The number of nitrogens with one attached hydrogen (secondary N) is 1. The van der Waals surface area contributed by atoms with Crippen LogP contribution in [-0.4, -0.2) is 25.2 Å². The number of hydrogen-bond donors (Lipinski definition) is 1. The molecule has 0 bridgehead atoms. The molecule has 4 nitrogen and oxygen atoms in total. The van der Waals surface area contributed by atoms with Crippen molar-refractivity contribution in [2.75, 3.05) is 13.2 Å². The third-order valence-corrected chi connectivity index (χ3v) is 4.28. The van der Waals surface area contributed by atoms with Crippen molar-refractivity contribution in [1.82, 2.24) is 5.32 Å². The van der Waals surface area contributed by atoms with Crippen LogP contribution >= 0.6 is 0 Å². The lowest BCUT2D eigenvalue weighted by Gasteiger charge is -2.26. The molecule has 114 valence electrons. The fraction of sp³-hybridized carbons (Fsp3) is 0.875. The molecule has 20 heavy (non-hydrogen) atoms. The van der Waals surface area contributed by atoms with Gasteiger partial charge in [-0.1, -0.05) is 33.6 Å². The van der Waals surface area contributed by atoms with E-state index in [-0.39, 0.29) is 12.0 Å². The van der Waals surface area contributed by atoms with Gasteiger partial charge >= 0.3 is 0 Å². The zero-order chi connectivity index (χ0) is 15.0. The largest absolute Gasteiger partial charge is 0.378 e. The molecule has 2 unspecified atom stereocenters. The number of ether oxygens (including phenoxy) is 1. The lowest BCUT2D eigenvalue weighted by molar-refractivity contribution is -0.129. The predicted molar refractivity (Wildman–Crippen MR) is 79.0 cm³/mol. The van der Waals surface area contributed by atoms with Gasteiger partial charge in [-0.2, -0.15) is 5.26 Å². The van der Waals surface area contributed by atoms with Crippen molar-refractivity contribution in [2.24, 2.45) is 11.3 Å². The molecule has 1 aliphatic rings. The molecule has 0 aromatic heterocycles. The maximum Gasteiger partial charge on any atom is 0.240 e. The second kappa shape index (κ2) is 8.26. The maximum absolute atomic E-state index is 12.5. The summed E-state index contributed by atoms with van der Waals surface area (Å²) < 4.78 is 5.64. The standard InChI is InChI=1S/C16H28N2O2/c1-4-8-16(12-17,9-5-2)15(19)18-11-13-7-10-20-14(13)6-3/h13-14H,4-11H2,1-3H3,(H,18,19). The van der Waals surface area contributed by atoms with Crippen LogP contribution in [0.4, 0.5) is 0 Å². The fourth-order valence-corrected chi connectivity index (χ4v) is 3.14. The molecular weight excluding hydrogens is 252 g/mol. The Kier molecular flexibility index (Phi) is 7.01. The van der Waals surface area contributed by atoms with E-state index in [1.54, 1.807) is 0 Å². The smallest absolute Gasteiger partial charge is 0.240 e. The van der Waals surface area contributed by atoms with Gasteiger partial charge in [-0.05, 0) is 25.7 Å². The van der Waals surface area contributed by atoms with Gasteiger partial charge < -0.3 is 10.1 Å². The summed E-state index contributed by atoms with van der Waals surface area (Å²) in [5.74, 6) is 0.300. The molecule has 0 aromatic rings. The highest BCUT2D eigenvalue weighted by atomic mass is 16.5. The van der Waals surface area contributed by atoms with E-state index in [4.69, 9.17) is 4.74 Å². The summed E-state index contributed by atoms with van der Waals surface area (Å²) in [7, 11) is 0. The van der Waals surface area contributed by atoms with E-state index in [1.165, 1.54) is 0 Å². The Morgan fingerprint density at radius 1 is 1.35 bits per heavy atom. The maximum atomic E-state index is 12.5. The molecule has 1 rings (SSSR count). The molecule has 0 aromatic carbocycles. The third kappa shape index (κ3) is 3.96. The Hall–Kier alpha value is -1.08. The SMILES string of the molecule is CCCC(C#N)(CCC)C(=O)NCC1CCOC1CC. The number of nitrogens with zero attached hydrogens (tertiary/aromatic N) is 1. The first-order chi connectivity index (χ1) is 9.63. The molecular formula is C16H28N2O2. The van der Waals surface area contributed by atoms with E-state index >= 15 is 0 Å². The minimum atomic E-state index is -0.843. The summed E-state index contributed by atoms with van der Waals surface area (Å²) in [6.45, 7) is 7.57. The minimum absolute atomic E-state index is 0.0922. The number of hydrogen-bond acceptors (Lipinski definition) is 3. The van der Waals surface area contributed by atoms with Gasteiger partial charge in [0.15, 0.2) is 0 Å². The average Bonchev–Trinajstić information content (AvgIpc) is 2.91. The van der Waals surface area contributed by atoms with Crippen molar-refractivity contribution in [2.45, 2.75) is 65.4 Å². The summed E-state index contributed by atoms with van der Waals surface area (Å²) in [4.78, 5) is 12.5. The Morgan fingerprint density at radius 3 is 2.50 bits per heavy atom. The molecule has 1 aliphatic heterocycles. The van der Waals surface area contributed by atoms with E-state index in [0.717, 1.165) is 32.3 Å². The molecule has 1 heterocycles. The molecule has 1 saturated heterocycles. The van der Waals surface area contributed by atoms with Crippen LogP contribution in [0.2, 0.25) is 0 Å². The third-order valence-electron chi connectivity index (χ3n) is 4.28. The Balaban J connectivity index is 2.60. The van der Waals surface area contributed by atoms with Crippen LogP contribution in [0.3, 0.4) is 0 Å². The second-order valence-corrected chi connectivity index (χ2v) is 5.77. The van der Waals surface area contributed by atoms with Crippen molar-refractivity contribution >= 4 is 5.91 Å². The minimum Gasteiger partial charge on any atom is -0.378 e. The Labute approximate surface area is 122 Å². The first kappa shape index (κ1) is 17.0. The summed E-state index contributed by atoms with van der Waals surface area (Å²) in [5.41, 5.74) is -0.843. The van der Waals surface area contributed by atoms with Crippen molar-refractivity contribution < 1.29 is 9.53 Å². The Bertz CT molecular complexity index is 343. The van der Waals surface area contributed by atoms with Crippen LogP contribution in [0.1, 0.15) is 59.3 Å². The van der Waals surface area contributed by atoms with Crippen LogP contribution in [-0.2, 0) is 9.53 Å². The highest BCUT2D eigenvalue weighted by molar-refractivity contribution is 5.85. The van der Waals surface area contributed by atoms with Crippen molar-refractivity contribution in [3.8, 4) is 6.07 Å². The van der Waals surface area contributed by atoms with Gasteiger partial charge in [0.1, 0.15) is 5.41 Å². The highest BCUT2D eigenvalue weighted by Gasteiger charge is 2.37. The van der Waals surface area contributed by atoms with Crippen molar-refractivity contribution in [3.05, 3.63) is 0 Å². The van der Waals surface area contributed by atoms with E-state index in [1.807, 2.05) is 13.8 Å². The molecule has 0 saturated carbocycles. The van der Waals surface area contributed by atoms with Crippen LogP contribution in [0.15, 0.2) is 0 Å². The number of amides is 1. The van der Waals surface area contributed by atoms with Gasteiger partial charge in [0, 0.05) is 19.1 Å². The normalized spacial score (nSPS) is 22.5. The topological polar surface area (TPSA) is 62.1 Å². The number of carbonyl (C=O) groups excluding carboxylic acids is 1. The Morgan fingerprint density at radius 2 is 2.00 bits per heavy atom. The zero-order valence-electron chi connectivity index (χ0n) is 13.1. The van der Waals surface area contributed by atoms with Gasteiger partial charge in [-0.15, -0.1) is 0 Å². The molecule has 0 radical (unpaired) electrons. The number of rotatable bonds is 8. The monoisotopic (exact) mass is 280 g/mol. The second-order valence-electron chi connectivity index (χ2n) is 5.77. The zero-order valence-corrected chi connectivity index (χ0v) is 13.1. The van der Waals surface area contributed by atoms with E-state index in [9.17, 15) is 10.1 Å². The lowest BCUT2D eigenvalue weighted by Crippen LogP contribution is -2.43. The first-order valence-corrected chi connectivity index (χ1v) is 7.94. The average molecular weight is 280 g/mol. The molecule has 1 fully saturated rings. The van der Waals surface area contributed by atoms with Crippen LogP contribution in [0.5, 0.6) is 0 Å². The van der Waals surface area contributed by atoms with E-state index < -0.39 is 5.41 Å². The van der Waals surface area contributed by atoms with Crippen molar-refractivity contribution in [3.63, 3.8) is 0 Å². The van der Waals surface area contributed by atoms with Crippen LogP contribution in [0.25, 0.3) is 0 Å². The number of carbonyl (C=O) groups is 1. The van der Waals surface area contributed by atoms with Gasteiger partial charge in [0.05, 0.1) is 12.2 Å². The first-order valence-electron chi connectivity index (χ1n) is 7.94.